The summed E-state index contributed by atoms with van der Waals surface area (Å²) >= 11 is 0. The third kappa shape index (κ3) is 2.05. The van der Waals surface area contributed by atoms with E-state index < -0.39 is 0 Å². The maximum atomic E-state index is 13.1. The molecular weight excluding hydrogens is 255 g/mol. The van der Waals surface area contributed by atoms with Gasteiger partial charge in [-0.3, -0.25) is 14.8 Å². The molecule has 1 aromatic heterocycles. The Balaban J connectivity index is 2.18. The molecule has 3 nitrogen and oxygen atoms in total. The largest absolute Gasteiger partial charge is 0.289 e. The Kier molecular flexibility index (Phi) is 2.99. The van der Waals surface area contributed by atoms with Crippen molar-refractivity contribution in [1.29, 1.82) is 0 Å². The highest BCUT2D eigenvalue weighted by molar-refractivity contribution is 6.15. The van der Waals surface area contributed by atoms with E-state index in [4.69, 9.17) is 0 Å². The van der Waals surface area contributed by atoms with Crippen LogP contribution in [0.1, 0.15) is 21.5 Å². The van der Waals surface area contributed by atoms with Crippen molar-refractivity contribution < 1.29 is 9.18 Å². The summed E-state index contributed by atoms with van der Waals surface area (Å²) in [5.74, 6) is -0.523. The Labute approximate surface area is 115 Å². The average Bonchev–Trinajstić information content (AvgIpc) is 2.46. The number of hydrogen-bond acceptors (Lipinski definition) is 3. The molecule has 0 bridgehead atoms. The highest BCUT2D eigenvalue weighted by atomic mass is 19.1. The van der Waals surface area contributed by atoms with Gasteiger partial charge in [0.05, 0.1) is 16.6 Å². The summed E-state index contributed by atoms with van der Waals surface area (Å²) in [6, 6.07) is 9.42. The smallest absolute Gasteiger partial charge is 0.195 e. The summed E-state index contributed by atoms with van der Waals surface area (Å²) in [5, 5.41) is 0. The Bertz CT molecular complexity index is 809. The van der Waals surface area contributed by atoms with Crippen LogP contribution in [0.4, 0.5) is 4.39 Å². The first-order valence-electron chi connectivity index (χ1n) is 6.17. The van der Waals surface area contributed by atoms with Crippen molar-refractivity contribution in [2.45, 2.75) is 6.92 Å². The zero-order chi connectivity index (χ0) is 14.1. The third-order valence-corrected chi connectivity index (χ3v) is 3.18. The number of carbonyl (C=O) groups is 1. The molecule has 0 aliphatic carbocycles. The van der Waals surface area contributed by atoms with Crippen molar-refractivity contribution >= 4 is 16.8 Å². The topological polar surface area (TPSA) is 42.9 Å². The molecule has 0 N–H and O–H groups in total. The molecule has 0 atom stereocenters. The molecule has 20 heavy (non-hydrogen) atoms. The second-order valence-corrected chi connectivity index (χ2v) is 4.52. The van der Waals surface area contributed by atoms with E-state index in [0.717, 1.165) is 0 Å². The fourth-order valence-electron chi connectivity index (χ4n) is 2.20. The van der Waals surface area contributed by atoms with E-state index in [9.17, 15) is 9.18 Å². The van der Waals surface area contributed by atoms with Gasteiger partial charge in [0.25, 0.3) is 0 Å². The number of carbonyl (C=O) groups excluding carboxylic acids is 1. The molecule has 2 aromatic carbocycles. The van der Waals surface area contributed by atoms with Gasteiger partial charge in [-0.25, -0.2) is 4.39 Å². The second kappa shape index (κ2) is 4.81. The van der Waals surface area contributed by atoms with Crippen LogP contribution in [0.5, 0.6) is 0 Å². The molecule has 4 heteroatoms. The first kappa shape index (κ1) is 12.4. The number of nitrogens with zero attached hydrogens (tertiary/aromatic N) is 2. The lowest BCUT2D eigenvalue weighted by atomic mass is 9.98. The molecule has 3 rings (SSSR count). The molecular formula is C16H11FN2O. The van der Waals surface area contributed by atoms with Gasteiger partial charge in [-0.2, -0.15) is 0 Å². The lowest BCUT2D eigenvalue weighted by Gasteiger charge is -2.07. The lowest BCUT2D eigenvalue weighted by molar-refractivity contribution is 0.103. The predicted octanol–water partition coefficient (Wildman–Crippen LogP) is 3.31. The second-order valence-electron chi connectivity index (χ2n) is 4.52. The third-order valence-electron chi connectivity index (χ3n) is 3.18. The van der Waals surface area contributed by atoms with Gasteiger partial charge >= 0.3 is 0 Å². The zero-order valence-corrected chi connectivity index (χ0v) is 10.8. The molecule has 3 aromatic rings. The normalized spacial score (nSPS) is 10.7. The van der Waals surface area contributed by atoms with Crippen LogP contribution < -0.4 is 0 Å². The van der Waals surface area contributed by atoms with Crippen LogP contribution in [-0.4, -0.2) is 15.8 Å². The van der Waals surface area contributed by atoms with Gasteiger partial charge in [-0.15, -0.1) is 0 Å². The van der Waals surface area contributed by atoms with E-state index in [0.29, 0.717) is 27.7 Å². The van der Waals surface area contributed by atoms with Crippen LogP contribution in [0.25, 0.3) is 11.0 Å². The summed E-state index contributed by atoms with van der Waals surface area (Å²) < 4.78 is 13.1. The maximum Gasteiger partial charge on any atom is 0.195 e. The van der Waals surface area contributed by atoms with E-state index in [1.807, 2.05) is 0 Å². The molecule has 1 heterocycles. The molecule has 0 aliphatic heterocycles. The minimum absolute atomic E-state index is 0.173. The van der Waals surface area contributed by atoms with E-state index in [2.05, 4.69) is 9.97 Å². The number of rotatable bonds is 2. The van der Waals surface area contributed by atoms with Crippen molar-refractivity contribution in [3.63, 3.8) is 0 Å². The minimum atomic E-state index is -0.350. The first-order chi connectivity index (χ1) is 9.66. The first-order valence-corrected chi connectivity index (χ1v) is 6.17. The van der Waals surface area contributed by atoms with E-state index in [1.165, 1.54) is 18.2 Å². The minimum Gasteiger partial charge on any atom is -0.289 e. The molecule has 0 amide bonds. The standard InChI is InChI=1S/C16H11FN2O/c1-10-9-11(17)5-6-12(10)16(20)13-3-2-4-14-15(13)19-8-7-18-14/h2-9H,1H3. The van der Waals surface area contributed by atoms with E-state index in [1.54, 1.807) is 37.5 Å². The van der Waals surface area contributed by atoms with Crippen LogP contribution in [0, 0.1) is 12.7 Å². The van der Waals surface area contributed by atoms with Gasteiger partial charge in [0.1, 0.15) is 5.82 Å². The molecule has 0 radical (unpaired) electrons. The van der Waals surface area contributed by atoms with Crippen LogP contribution in [0.2, 0.25) is 0 Å². The highest BCUT2D eigenvalue weighted by Gasteiger charge is 2.15. The van der Waals surface area contributed by atoms with Gasteiger partial charge in [0.15, 0.2) is 5.78 Å². The number of aromatic nitrogens is 2. The van der Waals surface area contributed by atoms with E-state index in [-0.39, 0.29) is 11.6 Å². The van der Waals surface area contributed by atoms with Crippen LogP contribution in [-0.2, 0) is 0 Å². The van der Waals surface area contributed by atoms with Gasteiger partial charge in [0.2, 0.25) is 0 Å². The van der Waals surface area contributed by atoms with Gasteiger partial charge in [-0.05, 0) is 42.8 Å². The Morgan fingerprint density at radius 3 is 2.65 bits per heavy atom. The van der Waals surface area contributed by atoms with Gasteiger partial charge in [0, 0.05) is 18.0 Å². The van der Waals surface area contributed by atoms with Crippen molar-refractivity contribution in [3.05, 3.63) is 71.3 Å². The molecule has 0 saturated carbocycles. The summed E-state index contributed by atoms with van der Waals surface area (Å²) in [5.41, 5.74) is 2.78. The van der Waals surface area contributed by atoms with E-state index >= 15 is 0 Å². The zero-order valence-electron chi connectivity index (χ0n) is 10.8. The SMILES string of the molecule is Cc1cc(F)ccc1C(=O)c1cccc2nccnc12. The van der Waals surface area contributed by atoms with Crippen molar-refractivity contribution in [3.8, 4) is 0 Å². The monoisotopic (exact) mass is 266 g/mol. The summed E-state index contributed by atoms with van der Waals surface area (Å²) in [7, 11) is 0. The van der Waals surface area contributed by atoms with Crippen LogP contribution >= 0.6 is 0 Å². The lowest BCUT2D eigenvalue weighted by Crippen LogP contribution is -2.05. The fraction of sp³-hybridized carbons (Fsp3) is 0.0625. The van der Waals surface area contributed by atoms with Crippen LogP contribution in [0.15, 0.2) is 48.8 Å². The van der Waals surface area contributed by atoms with Gasteiger partial charge < -0.3 is 0 Å². The summed E-state index contributed by atoms with van der Waals surface area (Å²) in [4.78, 5) is 21.0. The maximum absolute atomic E-state index is 13.1. The van der Waals surface area contributed by atoms with Crippen LogP contribution in [0.3, 0.4) is 0 Å². The fourth-order valence-corrected chi connectivity index (χ4v) is 2.20. The highest BCUT2D eigenvalue weighted by Crippen LogP contribution is 2.20. The number of hydrogen-bond donors (Lipinski definition) is 0. The van der Waals surface area contributed by atoms with Crippen molar-refractivity contribution in [2.24, 2.45) is 0 Å². The number of ketones is 1. The molecule has 98 valence electrons. The molecule has 0 spiro atoms. The van der Waals surface area contributed by atoms with Crippen molar-refractivity contribution in [2.75, 3.05) is 0 Å². The predicted molar refractivity (Wildman–Crippen MR) is 74.1 cm³/mol. The molecule has 0 saturated heterocycles. The summed E-state index contributed by atoms with van der Waals surface area (Å²) in [6.07, 6.45) is 3.14. The number of benzene rings is 2. The van der Waals surface area contributed by atoms with Crippen molar-refractivity contribution in [1.82, 2.24) is 9.97 Å². The number of fused-ring (bicyclic) bond motifs is 1. The number of aryl methyl sites for hydroxylation is 1. The Morgan fingerprint density at radius 1 is 1.05 bits per heavy atom. The Hall–Kier alpha value is -2.62. The average molecular weight is 266 g/mol. The molecule has 0 fully saturated rings. The Morgan fingerprint density at radius 2 is 1.85 bits per heavy atom. The number of para-hydroxylation sites is 1. The van der Waals surface area contributed by atoms with Gasteiger partial charge in [-0.1, -0.05) is 6.07 Å². The molecule has 0 aliphatic rings. The summed E-state index contributed by atoms with van der Waals surface area (Å²) in [6.45, 7) is 1.72. The quantitative estimate of drug-likeness (QED) is 0.668. The molecule has 0 unspecified atom stereocenters. The number of halogens is 1.